The second-order valence-electron chi connectivity index (χ2n) is 7.59. The van der Waals surface area contributed by atoms with Crippen LogP contribution in [-0.4, -0.2) is 60.5 Å². The molecule has 0 radical (unpaired) electrons. The number of aryl methyl sites for hydroxylation is 1. The Hall–Kier alpha value is -2.38. The van der Waals surface area contributed by atoms with Crippen molar-refractivity contribution in [1.29, 1.82) is 0 Å². The predicted octanol–water partition coefficient (Wildman–Crippen LogP) is 3.28. The summed E-state index contributed by atoms with van der Waals surface area (Å²) in [7, 11) is 1.71. The van der Waals surface area contributed by atoms with Crippen LogP contribution in [-0.2, 0) is 17.8 Å². The Morgan fingerprint density at radius 1 is 1.13 bits per heavy atom. The van der Waals surface area contributed by atoms with Crippen molar-refractivity contribution in [3.05, 3.63) is 52.8 Å². The summed E-state index contributed by atoms with van der Waals surface area (Å²) in [6.07, 6.45) is 0. The third-order valence-electron chi connectivity index (χ3n) is 5.68. The van der Waals surface area contributed by atoms with Crippen molar-refractivity contribution < 1.29 is 4.74 Å². The van der Waals surface area contributed by atoms with Crippen LogP contribution in [0.15, 0.2) is 35.3 Å². The molecule has 0 fully saturated rings. The standard InChI is InChI=1S/C24H40N6O/c1-7-25-24(26-17-22-19(4)28-30(20(22)5)15-16-31-6)27-18-23(29(8-2)9-3)21-13-11-10-12-14-21/h10-14,23H,7-9,15-18H2,1-6H3,(H2,25,26,27). The predicted molar refractivity (Wildman–Crippen MR) is 128 cm³/mol. The zero-order chi connectivity index (χ0) is 22.6. The molecule has 2 rings (SSSR count). The lowest BCUT2D eigenvalue weighted by Crippen LogP contribution is -2.43. The number of nitrogens with one attached hydrogen (secondary N) is 2. The van der Waals surface area contributed by atoms with E-state index in [1.807, 2.05) is 11.6 Å². The molecule has 0 spiro atoms. The number of benzene rings is 1. The van der Waals surface area contributed by atoms with Crippen LogP contribution in [0.3, 0.4) is 0 Å². The highest BCUT2D eigenvalue weighted by Crippen LogP contribution is 2.19. The van der Waals surface area contributed by atoms with E-state index in [0.29, 0.717) is 19.2 Å². The Balaban J connectivity index is 2.14. The van der Waals surface area contributed by atoms with E-state index in [1.165, 1.54) is 11.1 Å². The third kappa shape index (κ3) is 7.08. The first-order chi connectivity index (χ1) is 15.0. The molecule has 0 saturated carbocycles. The molecule has 0 aliphatic heterocycles. The monoisotopic (exact) mass is 428 g/mol. The van der Waals surface area contributed by atoms with Crippen LogP contribution in [0.25, 0.3) is 0 Å². The summed E-state index contributed by atoms with van der Waals surface area (Å²) in [5, 5.41) is 11.6. The van der Waals surface area contributed by atoms with E-state index in [-0.39, 0.29) is 0 Å². The Labute approximate surface area is 187 Å². The van der Waals surface area contributed by atoms with Gasteiger partial charge in [-0.15, -0.1) is 0 Å². The summed E-state index contributed by atoms with van der Waals surface area (Å²) in [5.41, 5.74) is 4.68. The molecule has 1 aromatic heterocycles. The third-order valence-corrected chi connectivity index (χ3v) is 5.68. The van der Waals surface area contributed by atoms with E-state index in [4.69, 9.17) is 9.73 Å². The molecule has 0 bridgehead atoms. The Morgan fingerprint density at radius 3 is 2.45 bits per heavy atom. The smallest absolute Gasteiger partial charge is 0.191 e. The molecule has 0 saturated heterocycles. The Morgan fingerprint density at radius 2 is 1.84 bits per heavy atom. The number of likely N-dealkylation sites (N-methyl/N-ethyl adjacent to an activating group) is 1. The molecule has 0 aliphatic carbocycles. The van der Waals surface area contributed by atoms with Crippen LogP contribution >= 0.6 is 0 Å². The van der Waals surface area contributed by atoms with Gasteiger partial charge in [-0.05, 0) is 39.4 Å². The summed E-state index contributed by atoms with van der Waals surface area (Å²) in [5.74, 6) is 0.832. The molecule has 1 aromatic carbocycles. The van der Waals surface area contributed by atoms with Gasteiger partial charge in [0.25, 0.3) is 0 Å². The number of hydrogen-bond donors (Lipinski definition) is 2. The van der Waals surface area contributed by atoms with Crippen LogP contribution in [0.2, 0.25) is 0 Å². The molecule has 31 heavy (non-hydrogen) atoms. The van der Waals surface area contributed by atoms with Crippen LogP contribution in [0.5, 0.6) is 0 Å². The van der Waals surface area contributed by atoms with Crippen LogP contribution < -0.4 is 10.6 Å². The van der Waals surface area contributed by atoms with Crippen molar-refractivity contribution in [3.8, 4) is 0 Å². The van der Waals surface area contributed by atoms with E-state index >= 15 is 0 Å². The zero-order valence-corrected chi connectivity index (χ0v) is 20.1. The van der Waals surface area contributed by atoms with Crippen molar-refractivity contribution >= 4 is 5.96 Å². The molecule has 2 N–H and O–H groups in total. The van der Waals surface area contributed by atoms with Gasteiger partial charge in [0, 0.05) is 31.5 Å². The Kier molecular flexibility index (Phi) is 10.5. The highest BCUT2D eigenvalue weighted by molar-refractivity contribution is 5.79. The molecule has 0 amide bonds. The van der Waals surface area contributed by atoms with E-state index in [1.54, 1.807) is 7.11 Å². The molecule has 172 valence electrons. The first kappa shape index (κ1) is 24.9. The second-order valence-corrected chi connectivity index (χ2v) is 7.59. The van der Waals surface area contributed by atoms with E-state index in [9.17, 15) is 0 Å². The number of nitrogens with zero attached hydrogens (tertiary/aromatic N) is 4. The maximum absolute atomic E-state index is 5.20. The molecule has 1 unspecified atom stereocenters. The minimum absolute atomic E-state index is 0.292. The molecule has 1 heterocycles. The number of aromatic nitrogens is 2. The summed E-state index contributed by atoms with van der Waals surface area (Å²) < 4.78 is 7.21. The average Bonchev–Trinajstić information content (AvgIpc) is 3.06. The van der Waals surface area contributed by atoms with Crippen LogP contribution in [0.1, 0.15) is 49.3 Å². The Bertz CT molecular complexity index is 798. The van der Waals surface area contributed by atoms with Gasteiger partial charge in [-0.25, -0.2) is 4.99 Å². The number of ether oxygens (including phenoxy) is 1. The molecule has 7 heteroatoms. The average molecular weight is 429 g/mol. The first-order valence-electron chi connectivity index (χ1n) is 11.4. The van der Waals surface area contributed by atoms with Crippen LogP contribution in [0.4, 0.5) is 0 Å². The molecule has 7 nitrogen and oxygen atoms in total. The van der Waals surface area contributed by atoms with Gasteiger partial charge in [-0.3, -0.25) is 9.58 Å². The van der Waals surface area contributed by atoms with E-state index in [2.05, 4.69) is 78.7 Å². The summed E-state index contributed by atoms with van der Waals surface area (Å²) in [4.78, 5) is 7.34. The SMILES string of the molecule is CCNC(=NCc1c(C)nn(CCOC)c1C)NCC(c1ccccc1)N(CC)CC. The maximum Gasteiger partial charge on any atom is 0.191 e. The van der Waals surface area contributed by atoms with Crippen molar-refractivity contribution in [2.45, 2.75) is 53.8 Å². The van der Waals surface area contributed by atoms with Crippen molar-refractivity contribution in [2.24, 2.45) is 4.99 Å². The quantitative estimate of drug-likeness (QED) is 0.401. The number of methoxy groups -OCH3 is 1. The van der Waals surface area contributed by atoms with E-state index in [0.717, 1.165) is 50.1 Å². The minimum atomic E-state index is 0.292. The van der Waals surface area contributed by atoms with Gasteiger partial charge in [0.05, 0.1) is 31.4 Å². The lowest BCUT2D eigenvalue weighted by Gasteiger charge is -2.30. The summed E-state index contributed by atoms with van der Waals surface area (Å²) in [6, 6.07) is 11.0. The van der Waals surface area contributed by atoms with Gasteiger partial charge in [-0.1, -0.05) is 44.2 Å². The van der Waals surface area contributed by atoms with Crippen molar-refractivity contribution in [2.75, 3.05) is 39.9 Å². The van der Waals surface area contributed by atoms with Gasteiger partial charge >= 0.3 is 0 Å². The summed E-state index contributed by atoms with van der Waals surface area (Å²) in [6.45, 7) is 16.3. The molecule has 1 atom stereocenters. The zero-order valence-electron chi connectivity index (χ0n) is 20.1. The number of guanidine groups is 1. The number of rotatable bonds is 12. The van der Waals surface area contributed by atoms with Gasteiger partial charge in [-0.2, -0.15) is 5.10 Å². The fourth-order valence-corrected chi connectivity index (χ4v) is 3.85. The largest absolute Gasteiger partial charge is 0.383 e. The molecule has 0 aliphatic rings. The topological polar surface area (TPSA) is 66.7 Å². The molecule has 2 aromatic rings. The molecular formula is C24H40N6O. The van der Waals surface area contributed by atoms with Gasteiger partial charge < -0.3 is 15.4 Å². The number of hydrogen-bond acceptors (Lipinski definition) is 4. The fraction of sp³-hybridized carbons (Fsp3) is 0.583. The normalized spacial score (nSPS) is 12.9. The molecular weight excluding hydrogens is 388 g/mol. The highest BCUT2D eigenvalue weighted by atomic mass is 16.5. The lowest BCUT2D eigenvalue weighted by molar-refractivity contribution is 0.182. The fourth-order valence-electron chi connectivity index (χ4n) is 3.85. The maximum atomic E-state index is 5.20. The number of aliphatic imine (C=N–C) groups is 1. The van der Waals surface area contributed by atoms with Gasteiger partial charge in [0.2, 0.25) is 0 Å². The highest BCUT2D eigenvalue weighted by Gasteiger charge is 2.18. The minimum Gasteiger partial charge on any atom is -0.383 e. The van der Waals surface area contributed by atoms with Gasteiger partial charge in [0.1, 0.15) is 0 Å². The van der Waals surface area contributed by atoms with Crippen LogP contribution in [0, 0.1) is 13.8 Å². The van der Waals surface area contributed by atoms with Gasteiger partial charge in [0.15, 0.2) is 5.96 Å². The van der Waals surface area contributed by atoms with E-state index < -0.39 is 0 Å². The second kappa shape index (κ2) is 13.1. The van der Waals surface area contributed by atoms with Crippen molar-refractivity contribution in [3.63, 3.8) is 0 Å². The first-order valence-corrected chi connectivity index (χ1v) is 11.4. The summed E-state index contributed by atoms with van der Waals surface area (Å²) >= 11 is 0. The van der Waals surface area contributed by atoms with Crippen molar-refractivity contribution in [1.82, 2.24) is 25.3 Å². The lowest BCUT2D eigenvalue weighted by atomic mass is 10.1.